The predicted molar refractivity (Wildman–Crippen MR) is 143 cm³/mol. The third-order valence-electron chi connectivity index (χ3n) is 8.55. The molecule has 6 nitrogen and oxygen atoms in total. The highest BCUT2D eigenvalue weighted by atomic mass is 28.4. The Morgan fingerprint density at radius 3 is 1.29 bits per heavy atom. The molecule has 0 aromatic carbocycles. The molecule has 0 amide bonds. The van der Waals surface area contributed by atoms with E-state index in [1.165, 1.54) is 10.1 Å². The second-order valence-corrected chi connectivity index (χ2v) is 24.2. The van der Waals surface area contributed by atoms with Crippen LogP contribution in [0.4, 0.5) is 0 Å². The van der Waals surface area contributed by atoms with E-state index >= 15 is 0 Å². The van der Waals surface area contributed by atoms with Gasteiger partial charge in [-0.3, -0.25) is 0 Å². The van der Waals surface area contributed by atoms with E-state index in [2.05, 4.69) is 40.0 Å². The van der Waals surface area contributed by atoms with Crippen molar-refractivity contribution in [2.45, 2.75) is 167 Å². The maximum absolute atomic E-state index is 12.8. The number of nitrogens with zero attached hydrogens (tertiary/aromatic N) is 2. The van der Waals surface area contributed by atoms with E-state index in [0.29, 0.717) is 0 Å². The van der Waals surface area contributed by atoms with Gasteiger partial charge < -0.3 is 8.85 Å². The van der Waals surface area contributed by atoms with E-state index in [-0.39, 0.29) is 17.2 Å². The molecule has 0 N–H and O–H groups in total. The fraction of sp³-hybridized carbons (Fsp3) is 1.00. The minimum atomic E-state index is -2.13. The first kappa shape index (κ1) is 30.4. The summed E-state index contributed by atoms with van der Waals surface area (Å²) in [5.41, 5.74) is -1.68. The van der Waals surface area contributed by atoms with Crippen LogP contribution in [0.2, 0.25) is 37.3 Å². The Bertz CT molecular complexity index is 698. The van der Waals surface area contributed by atoms with Crippen LogP contribution in [0.1, 0.15) is 94.9 Å². The summed E-state index contributed by atoms with van der Waals surface area (Å²) < 4.78 is 13.9. The molecule has 2 radical (unpaired) electrons. The number of hydrogen-bond donors (Lipinski definition) is 0. The molecule has 8 heteroatoms. The number of hydrogen-bond acceptors (Lipinski definition) is 4. The van der Waals surface area contributed by atoms with E-state index in [0.717, 1.165) is 31.7 Å². The maximum Gasteiger partial charge on any atom is 0.192 e. The standard InChI is InChI=1S/C26H54N2O4Si2/c1-22(2)15-20(16-23(3,4)27(22)29)31-33(11,12)19-26(9,10)34(13,14)32-21-17-24(5,6)28(30)25(7,8)18-21/h20-21H,15-19H2,1-14H3. The lowest BCUT2D eigenvalue weighted by Crippen LogP contribution is -2.62. The fourth-order valence-corrected chi connectivity index (χ4v) is 14.4. The number of rotatable bonds is 7. The van der Waals surface area contributed by atoms with Crippen molar-refractivity contribution in [2.24, 2.45) is 0 Å². The lowest BCUT2D eigenvalue weighted by atomic mass is 9.80. The van der Waals surface area contributed by atoms with Crippen molar-refractivity contribution >= 4 is 16.6 Å². The van der Waals surface area contributed by atoms with Crippen LogP contribution in [0.3, 0.4) is 0 Å². The average Bonchev–Trinajstić information content (AvgIpc) is 2.54. The van der Waals surface area contributed by atoms with Gasteiger partial charge in [-0.15, -0.1) is 20.5 Å². The number of piperidine rings is 2. The maximum atomic E-state index is 12.8. The van der Waals surface area contributed by atoms with Crippen molar-refractivity contribution in [3.8, 4) is 0 Å². The van der Waals surface area contributed by atoms with Gasteiger partial charge in [-0.05, 0) is 118 Å². The SMILES string of the molecule is CC1(C)CC(O[Si](C)(C)CC(C)(C)[Si](C)(C)OC2CC(C)(C)N([O])C(C)(C)C2)CC(C)(C)N1[O]. The first-order valence-electron chi connectivity index (χ1n) is 13.1. The summed E-state index contributed by atoms with van der Waals surface area (Å²) in [7, 11) is -4.17. The predicted octanol–water partition coefficient (Wildman–Crippen LogP) is 6.94. The van der Waals surface area contributed by atoms with Crippen LogP contribution >= 0.6 is 0 Å². The summed E-state index contributed by atoms with van der Waals surface area (Å²) in [6.07, 6.45) is 3.28. The van der Waals surface area contributed by atoms with E-state index in [9.17, 15) is 10.4 Å². The normalized spacial score (nSPS) is 27.2. The molecule has 0 atom stereocenters. The molecule has 0 unspecified atom stereocenters. The Labute approximate surface area is 212 Å². The third-order valence-corrected chi connectivity index (χ3v) is 16.0. The molecule has 0 aromatic heterocycles. The van der Waals surface area contributed by atoms with Crippen LogP contribution in [-0.4, -0.2) is 61.1 Å². The molecular formula is C26H54N2O4Si2. The topological polar surface area (TPSA) is 64.7 Å². The van der Waals surface area contributed by atoms with Crippen molar-refractivity contribution < 1.29 is 19.3 Å². The highest BCUT2D eigenvalue weighted by Crippen LogP contribution is 2.49. The van der Waals surface area contributed by atoms with Crippen LogP contribution < -0.4 is 0 Å². The molecule has 2 heterocycles. The summed E-state index contributed by atoms with van der Waals surface area (Å²) in [4.78, 5) is 0. The van der Waals surface area contributed by atoms with Crippen LogP contribution in [0.25, 0.3) is 0 Å². The highest BCUT2D eigenvalue weighted by Gasteiger charge is 2.53. The lowest BCUT2D eigenvalue weighted by molar-refractivity contribution is -0.297. The molecule has 2 saturated heterocycles. The number of hydroxylamine groups is 4. The molecule has 34 heavy (non-hydrogen) atoms. The summed E-state index contributed by atoms with van der Waals surface area (Å²) in [6, 6.07) is 1.02. The second kappa shape index (κ2) is 9.19. The Morgan fingerprint density at radius 1 is 0.676 bits per heavy atom. The van der Waals surface area contributed by atoms with Crippen LogP contribution in [-0.2, 0) is 19.3 Å². The third kappa shape index (κ3) is 6.54. The molecular weight excluding hydrogens is 460 g/mol. The minimum Gasteiger partial charge on any atom is -0.414 e. The van der Waals surface area contributed by atoms with Crippen LogP contribution in [0.15, 0.2) is 0 Å². The summed E-state index contributed by atoms with van der Waals surface area (Å²) in [6.45, 7) is 30.3. The van der Waals surface area contributed by atoms with Crippen molar-refractivity contribution in [2.75, 3.05) is 0 Å². The van der Waals surface area contributed by atoms with Gasteiger partial charge in [0.15, 0.2) is 16.6 Å². The highest BCUT2D eigenvalue weighted by molar-refractivity contribution is 6.79. The van der Waals surface area contributed by atoms with E-state index < -0.39 is 38.8 Å². The minimum absolute atomic E-state index is 0.0237. The second-order valence-electron chi connectivity index (χ2n) is 15.5. The zero-order valence-corrected chi connectivity index (χ0v) is 26.7. The van der Waals surface area contributed by atoms with Crippen LogP contribution in [0.5, 0.6) is 0 Å². The zero-order valence-electron chi connectivity index (χ0n) is 24.7. The fourth-order valence-electron chi connectivity index (χ4n) is 6.86. The Hall–Kier alpha value is 0.194. The average molecular weight is 515 g/mol. The molecule has 200 valence electrons. The van der Waals surface area contributed by atoms with Crippen molar-refractivity contribution in [1.29, 1.82) is 0 Å². The lowest BCUT2D eigenvalue weighted by Gasteiger charge is -2.53. The summed E-state index contributed by atoms with van der Waals surface area (Å²) in [5, 5.41) is 28.2. The van der Waals surface area contributed by atoms with Gasteiger partial charge in [-0.2, -0.15) is 0 Å². The first-order chi connectivity index (χ1) is 14.8. The van der Waals surface area contributed by atoms with Crippen molar-refractivity contribution in [3.05, 3.63) is 0 Å². The molecule has 0 saturated carbocycles. The van der Waals surface area contributed by atoms with Crippen molar-refractivity contribution in [1.82, 2.24) is 10.1 Å². The molecule has 0 aliphatic carbocycles. The van der Waals surface area contributed by atoms with Crippen molar-refractivity contribution in [3.63, 3.8) is 0 Å². The molecule has 0 spiro atoms. The Morgan fingerprint density at radius 2 is 0.971 bits per heavy atom. The smallest absolute Gasteiger partial charge is 0.192 e. The molecule has 2 aliphatic heterocycles. The summed E-state index contributed by atoms with van der Waals surface area (Å²) in [5.74, 6) is 0. The van der Waals surface area contributed by atoms with Gasteiger partial charge in [-0.1, -0.05) is 13.8 Å². The van der Waals surface area contributed by atoms with E-state index in [4.69, 9.17) is 8.85 Å². The Kier molecular flexibility index (Phi) is 8.22. The largest absolute Gasteiger partial charge is 0.414 e. The van der Waals surface area contributed by atoms with Gasteiger partial charge in [0.1, 0.15) is 0 Å². The molecule has 2 aliphatic rings. The molecule has 2 fully saturated rings. The monoisotopic (exact) mass is 514 g/mol. The van der Waals surface area contributed by atoms with Gasteiger partial charge in [0.05, 0.1) is 0 Å². The first-order valence-corrected chi connectivity index (χ1v) is 19.2. The summed E-state index contributed by atoms with van der Waals surface area (Å²) >= 11 is 0. The van der Waals surface area contributed by atoms with Gasteiger partial charge in [0.2, 0.25) is 0 Å². The van der Waals surface area contributed by atoms with E-state index in [1.807, 2.05) is 55.4 Å². The zero-order chi connectivity index (χ0) is 26.8. The molecule has 0 aromatic rings. The van der Waals surface area contributed by atoms with E-state index in [1.54, 1.807) is 0 Å². The van der Waals surface area contributed by atoms with Gasteiger partial charge in [0, 0.05) is 34.4 Å². The Balaban J connectivity index is 2.12. The van der Waals surface area contributed by atoms with Crippen LogP contribution in [0, 0.1) is 0 Å². The van der Waals surface area contributed by atoms with Gasteiger partial charge >= 0.3 is 0 Å². The van der Waals surface area contributed by atoms with Gasteiger partial charge in [0.25, 0.3) is 0 Å². The quantitative estimate of drug-likeness (QED) is 0.345. The molecule has 2 rings (SSSR count). The molecule has 0 bridgehead atoms. The van der Waals surface area contributed by atoms with Gasteiger partial charge in [-0.25, -0.2) is 0 Å².